The third kappa shape index (κ3) is 3.74. The summed E-state index contributed by atoms with van der Waals surface area (Å²) in [7, 11) is 1.76. The molecule has 0 aliphatic carbocycles. The number of benzene rings is 1. The number of piperazine rings is 1. The molecule has 0 amide bonds. The van der Waals surface area contributed by atoms with Gasteiger partial charge in [0.1, 0.15) is 17.8 Å². The number of nitriles is 1. The van der Waals surface area contributed by atoms with Crippen LogP contribution < -0.4 is 15.2 Å². The second kappa shape index (κ2) is 9.15. The minimum absolute atomic E-state index is 0.0531. The fourth-order valence-electron chi connectivity index (χ4n) is 5.64. The van der Waals surface area contributed by atoms with Crippen LogP contribution in [0.15, 0.2) is 41.3 Å². The Morgan fingerprint density at radius 2 is 1.97 bits per heavy atom. The molecule has 0 radical (unpaired) electrons. The van der Waals surface area contributed by atoms with Gasteiger partial charge in [0.25, 0.3) is 5.56 Å². The molecule has 8 nitrogen and oxygen atoms in total. The van der Waals surface area contributed by atoms with Crippen LogP contribution in [0.5, 0.6) is 5.75 Å². The van der Waals surface area contributed by atoms with Gasteiger partial charge in [0.15, 0.2) is 0 Å². The summed E-state index contributed by atoms with van der Waals surface area (Å²) >= 11 is 0. The maximum absolute atomic E-state index is 12.9. The van der Waals surface area contributed by atoms with Crippen LogP contribution >= 0.6 is 0 Å². The van der Waals surface area contributed by atoms with Gasteiger partial charge in [-0.2, -0.15) is 10.4 Å². The average molecular weight is 461 g/mol. The molecule has 1 fully saturated rings. The molecule has 4 heterocycles. The van der Waals surface area contributed by atoms with Crippen molar-refractivity contribution in [2.75, 3.05) is 24.6 Å². The smallest absolute Gasteiger partial charge is 0.252 e. The van der Waals surface area contributed by atoms with Crippen molar-refractivity contribution < 1.29 is 4.74 Å². The van der Waals surface area contributed by atoms with E-state index in [-0.39, 0.29) is 18.1 Å². The van der Waals surface area contributed by atoms with Gasteiger partial charge in [0.2, 0.25) is 0 Å². The van der Waals surface area contributed by atoms with E-state index >= 15 is 0 Å². The molecule has 0 spiro atoms. The number of fused-ring (bicyclic) bond motifs is 2. The summed E-state index contributed by atoms with van der Waals surface area (Å²) in [6.07, 6.45) is 4.77. The van der Waals surface area contributed by atoms with Crippen molar-refractivity contribution in [1.82, 2.24) is 19.2 Å². The van der Waals surface area contributed by atoms with Gasteiger partial charge < -0.3 is 14.2 Å². The van der Waals surface area contributed by atoms with E-state index < -0.39 is 0 Å². The zero-order valence-electron chi connectivity index (χ0n) is 20.1. The molecule has 2 aromatic heterocycles. The number of hydrogen-bond acceptors (Lipinski definition) is 6. The Morgan fingerprint density at radius 1 is 1.18 bits per heavy atom. The van der Waals surface area contributed by atoms with Crippen molar-refractivity contribution in [3.63, 3.8) is 0 Å². The standard InChI is InChI=1S/C26H32N6O2/c1-4-18-16-32(22-14-25(33)29(3)23-17-30(12-11-27)28-26(22)23)19(5-2)15-31(18)21-10-13-34-24-9-7-6-8-20(21)24/h6-9,14,17-19,21H,4-5,10,12-13,15-16H2,1-3H3/t18-,19+,21?/m1/s1. The van der Waals surface area contributed by atoms with Crippen molar-refractivity contribution in [3.05, 3.63) is 52.4 Å². The van der Waals surface area contributed by atoms with E-state index in [1.165, 1.54) is 5.56 Å². The summed E-state index contributed by atoms with van der Waals surface area (Å²) in [4.78, 5) is 17.9. The van der Waals surface area contributed by atoms with Crippen LogP contribution in [0.1, 0.15) is 44.7 Å². The lowest BCUT2D eigenvalue weighted by Gasteiger charge is -2.51. The first-order valence-electron chi connectivity index (χ1n) is 12.2. The number of anilines is 1. The third-order valence-corrected chi connectivity index (χ3v) is 7.49. The predicted molar refractivity (Wildman–Crippen MR) is 132 cm³/mol. The molecule has 8 heteroatoms. The summed E-state index contributed by atoms with van der Waals surface area (Å²) in [5.74, 6) is 1.00. The number of aromatic nitrogens is 3. The molecule has 2 aliphatic rings. The Hall–Kier alpha value is -3.31. The fraction of sp³-hybridized carbons (Fsp3) is 0.500. The number of rotatable bonds is 5. The lowest BCUT2D eigenvalue weighted by atomic mass is 9.93. The van der Waals surface area contributed by atoms with Crippen LogP contribution in [0.25, 0.3) is 11.0 Å². The van der Waals surface area contributed by atoms with Gasteiger partial charge in [-0.25, -0.2) is 0 Å². The Kier molecular flexibility index (Phi) is 6.05. The molecular weight excluding hydrogens is 428 g/mol. The minimum Gasteiger partial charge on any atom is -0.493 e. The van der Waals surface area contributed by atoms with E-state index in [0.29, 0.717) is 12.1 Å². The summed E-state index contributed by atoms with van der Waals surface area (Å²) in [5.41, 5.74) is 3.66. The monoisotopic (exact) mass is 460 g/mol. The van der Waals surface area contributed by atoms with E-state index in [4.69, 9.17) is 15.1 Å². The number of ether oxygens (including phenoxy) is 1. The lowest BCUT2D eigenvalue weighted by molar-refractivity contribution is 0.0667. The molecule has 3 atom stereocenters. The second-order valence-corrected chi connectivity index (χ2v) is 9.31. The van der Waals surface area contributed by atoms with Crippen LogP contribution in [-0.4, -0.2) is 51.0 Å². The summed E-state index contributed by atoms with van der Waals surface area (Å²) in [6.45, 7) is 7.11. The normalized spacial score (nSPS) is 22.9. The molecule has 1 unspecified atom stereocenters. The summed E-state index contributed by atoms with van der Waals surface area (Å²) in [6, 6.07) is 13.2. The maximum atomic E-state index is 12.9. The third-order valence-electron chi connectivity index (χ3n) is 7.49. The first-order valence-corrected chi connectivity index (χ1v) is 12.2. The van der Waals surface area contributed by atoms with E-state index in [9.17, 15) is 4.79 Å². The minimum atomic E-state index is -0.0531. The van der Waals surface area contributed by atoms with Gasteiger partial charge >= 0.3 is 0 Å². The van der Waals surface area contributed by atoms with Gasteiger partial charge in [0.05, 0.1) is 30.1 Å². The highest BCUT2D eigenvalue weighted by atomic mass is 16.5. The Morgan fingerprint density at radius 3 is 2.74 bits per heavy atom. The van der Waals surface area contributed by atoms with Crippen molar-refractivity contribution in [3.8, 4) is 11.8 Å². The first-order chi connectivity index (χ1) is 16.5. The van der Waals surface area contributed by atoms with Crippen LogP contribution in [0.2, 0.25) is 0 Å². The summed E-state index contributed by atoms with van der Waals surface area (Å²) in [5, 5.41) is 13.9. The Bertz CT molecular complexity index is 1290. The van der Waals surface area contributed by atoms with Crippen molar-refractivity contribution in [2.45, 2.75) is 57.8 Å². The van der Waals surface area contributed by atoms with E-state index in [2.05, 4.69) is 47.9 Å². The van der Waals surface area contributed by atoms with Crippen LogP contribution in [0.4, 0.5) is 5.69 Å². The first kappa shape index (κ1) is 22.5. The topological polar surface area (TPSA) is 79.3 Å². The molecule has 3 aromatic rings. The number of hydrogen-bond donors (Lipinski definition) is 0. The highest BCUT2D eigenvalue weighted by Gasteiger charge is 2.39. The van der Waals surface area contributed by atoms with Crippen LogP contribution in [0.3, 0.4) is 0 Å². The predicted octanol–water partition coefficient (Wildman–Crippen LogP) is 3.46. The number of aryl methyl sites for hydroxylation is 1. The molecule has 178 valence electrons. The molecular formula is C26H32N6O2. The quantitative estimate of drug-likeness (QED) is 0.580. The molecule has 1 aromatic carbocycles. The molecule has 0 saturated carbocycles. The van der Waals surface area contributed by atoms with Crippen molar-refractivity contribution >= 4 is 16.7 Å². The largest absolute Gasteiger partial charge is 0.493 e. The van der Waals surface area contributed by atoms with Gasteiger partial charge in [-0.3, -0.25) is 14.4 Å². The fourth-order valence-corrected chi connectivity index (χ4v) is 5.64. The van der Waals surface area contributed by atoms with Crippen molar-refractivity contribution in [1.29, 1.82) is 5.26 Å². The van der Waals surface area contributed by atoms with E-state index in [1.54, 1.807) is 28.6 Å². The van der Waals surface area contributed by atoms with Gasteiger partial charge in [-0.05, 0) is 18.9 Å². The van der Waals surface area contributed by atoms with Crippen LogP contribution in [-0.2, 0) is 13.6 Å². The SMILES string of the molecule is CC[C@H]1CN(C2CCOc3ccccc32)[C@H](CC)CN1c1cc(=O)n(C)c2cn(CC#N)nc12. The molecule has 5 rings (SSSR count). The Balaban J connectivity index is 1.54. The second-order valence-electron chi connectivity index (χ2n) is 9.31. The van der Waals surface area contributed by atoms with E-state index in [1.807, 2.05) is 6.07 Å². The molecule has 2 aliphatic heterocycles. The van der Waals surface area contributed by atoms with Gasteiger partial charge in [-0.1, -0.05) is 32.0 Å². The number of pyridine rings is 1. The average Bonchev–Trinajstić information content (AvgIpc) is 3.29. The molecule has 34 heavy (non-hydrogen) atoms. The number of nitrogens with zero attached hydrogens (tertiary/aromatic N) is 6. The van der Waals surface area contributed by atoms with Crippen molar-refractivity contribution in [2.24, 2.45) is 7.05 Å². The number of para-hydroxylation sites is 1. The summed E-state index contributed by atoms with van der Waals surface area (Å²) < 4.78 is 9.19. The highest BCUT2D eigenvalue weighted by molar-refractivity contribution is 5.88. The zero-order valence-corrected chi connectivity index (χ0v) is 20.1. The molecule has 0 bridgehead atoms. The molecule has 0 N–H and O–H groups in total. The zero-order chi connectivity index (χ0) is 23.8. The van der Waals surface area contributed by atoms with Gasteiger partial charge in [-0.15, -0.1) is 0 Å². The van der Waals surface area contributed by atoms with E-state index in [0.717, 1.165) is 61.4 Å². The van der Waals surface area contributed by atoms with Gasteiger partial charge in [0, 0.05) is 56.3 Å². The Labute approximate surface area is 199 Å². The highest BCUT2D eigenvalue weighted by Crippen LogP contribution is 2.40. The molecule has 1 saturated heterocycles. The van der Waals surface area contributed by atoms with Crippen LogP contribution in [0, 0.1) is 11.3 Å². The lowest BCUT2D eigenvalue weighted by Crippen LogP contribution is -2.59. The maximum Gasteiger partial charge on any atom is 0.252 e.